The Morgan fingerprint density at radius 3 is 2.47 bits per heavy atom. The van der Waals surface area contributed by atoms with Crippen LogP contribution < -0.4 is 9.47 Å². The second-order valence-electron chi connectivity index (χ2n) is 7.65. The van der Waals surface area contributed by atoms with Gasteiger partial charge in [0.2, 0.25) is 6.79 Å². The number of morpholine rings is 1. The van der Waals surface area contributed by atoms with Gasteiger partial charge in [-0.2, -0.15) is 5.10 Å². The summed E-state index contributed by atoms with van der Waals surface area (Å²) in [5.41, 5.74) is 3.35. The van der Waals surface area contributed by atoms with Crippen LogP contribution in [-0.4, -0.2) is 40.5 Å². The first-order chi connectivity index (χ1) is 14.6. The molecule has 0 radical (unpaired) electrons. The number of hydrogen-bond acceptors (Lipinski definition) is 5. The van der Waals surface area contributed by atoms with Crippen molar-refractivity contribution in [2.24, 2.45) is 7.05 Å². The summed E-state index contributed by atoms with van der Waals surface area (Å²) < 4.78 is 19.1. The van der Waals surface area contributed by atoms with Gasteiger partial charge in [0.25, 0.3) is 5.91 Å². The topological polar surface area (TPSA) is 65.8 Å². The third-order valence-corrected chi connectivity index (χ3v) is 5.57. The first-order valence-corrected chi connectivity index (χ1v) is 9.98. The highest BCUT2D eigenvalue weighted by Gasteiger charge is 2.34. The zero-order chi connectivity index (χ0) is 20.7. The lowest BCUT2D eigenvalue weighted by Gasteiger charge is -2.38. The van der Waals surface area contributed by atoms with Gasteiger partial charge < -0.3 is 19.1 Å². The van der Waals surface area contributed by atoms with Crippen LogP contribution in [0.4, 0.5) is 0 Å². The molecule has 5 rings (SSSR count). The van der Waals surface area contributed by atoms with E-state index in [1.54, 1.807) is 10.9 Å². The number of carbonyl (C=O) groups excluding carboxylic acids is 1. The number of carbonyl (C=O) groups is 1. The largest absolute Gasteiger partial charge is 0.454 e. The lowest BCUT2D eigenvalue weighted by Crippen LogP contribution is -2.43. The summed E-state index contributed by atoms with van der Waals surface area (Å²) >= 11 is 0. The Morgan fingerprint density at radius 2 is 1.73 bits per heavy atom. The molecule has 7 heteroatoms. The van der Waals surface area contributed by atoms with Crippen LogP contribution in [0.1, 0.15) is 39.4 Å². The molecule has 154 valence electrons. The van der Waals surface area contributed by atoms with Crippen LogP contribution >= 0.6 is 0 Å². The standard InChI is InChI=1S/C23H23N3O4/c1-15-18(11-25(2)24-15)23(27)26-12-21(16-6-4-3-5-7-16)30-22(13-26)17-8-9-19-20(10-17)29-14-28-19/h3-11,21-22H,12-14H2,1-2H3/t21-,22+/m0/s1. The van der Waals surface area contributed by atoms with E-state index in [0.717, 1.165) is 22.6 Å². The second kappa shape index (κ2) is 7.50. The molecule has 1 amide bonds. The SMILES string of the molecule is Cc1nn(C)cc1C(=O)N1C[C@@H](c2ccccc2)O[C@@H](c2ccc3c(c2)OCO3)C1. The first kappa shape index (κ1) is 18.7. The molecule has 7 nitrogen and oxygen atoms in total. The maximum Gasteiger partial charge on any atom is 0.257 e. The normalized spacial score (nSPS) is 20.4. The summed E-state index contributed by atoms with van der Waals surface area (Å²) in [6.45, 7) is 3.02. The fourth-order valence-electron chi connectivity index (χ4n) is 4.05. The number of aromatic nitrogens is 2. The number of nitrogens with zero attached hydrogens (tertiary/aromatic N) is 3. The molecule has 1 fully saturated rings. The van der Waals surface area contributed by atoms with Crippen molar-refractivity contribution >= 4 is 5.91 Å². The summed E-state index contributed by atoms with van der Waals surface area (Å²) in [6, 6.07) is 15.8. The minimum atomic E-state index is -0.278. The molecular weight excluding hydrogens is 382 g/mol. The molecule has 3 heterocycles. The fourth-order valence-corrected chi connectivity index (χ4v) is 4.05. The number of ether oxygens (including phenoxy) is 3. The maximum absolute atomic E-state index is 13.3. The lowest BCUT2D eigenvalue weighted by molar-refractivity contribution is -0.0797. The molecule has 0 N–H and O–H groups in total. The van der Waals surface area contributed by atoms with Crippen molar-refractivity contribution in [1.82, 2.24) is 14.7 Å². The number of fused-ring (bicyclic) bond motifs is 1. The molecule has 30 heavy (non-hydrogen) atoms. The molecule has 1 aromatic heterocycles. The van der Waals surface area contributed by atoms with Gasteiger partial charge in [-0.25, -0.2) is 0 Å². The van der Waals surface area contributed by atoms with Crippen molar-refractivity contribution in [3.8, 4) is 11.5 Å². The fraction of sp³-hybridized carbons (Fsp3) is 0.304. The van der Waals surface area contributed by atoms with Crippen molar-refractivity contribution in [2.75, 3.05) is 19.9 Å². The van der Waals surface area contributed by atoms with E-state index >= 15 is 0 Å². The average molecular weight is 405 g/mol. The number of hydrogen-bond donors (Lipinski definition) is 0. The van der Waals surface area contributed by atoms with Crippen molar-refractivity contribution in [3.63, 3.8) is 0 Å². The zero-order valence-electron chi connectivity index (χ0n) is 16.9. The van der Waals surface area contributed by atoms with Crippen LogP contribution in [-0.2, 0) is 11.8 Å². The molecule has 1 saturated heterocycles. The van der Waals surface area contributed by atoms with Crippen LogP contribution in [0.3, 0.4) is 0 Å². The van der Waals surface area contributed by atoms with Crippen molar-refractivity contribution in [3.05, 3.63) is 77.1 Å². The Hall–Kier alpha value is -3.32. The number of aryl methyl sites for hydroxylation is 2. The molecule has 2 aliphatic heterocycles. The predicted octanol–water partition coefficient (Wildman–Crippen LogP) is 3.41. The van der Waals surface area contributed by atoms with Crippen LogP contribution in [0.25, 0.3) is 0 Å². The zero-order valence-corrected chi connectivity index (χ0v) is 16.9. The van der Waals surface area contributed by atoms with E-state index in [9.17, 15) is 4.79 Å². The second-order valence-corrected chi connectivity index (χ2v) is 7.65. The molecule has 0 unspecified atom stereocenters. The summed E-state index contributed by atoms with van der Waals surface area (Å²) in [4.78, 5) is 15.2. The van der Waals surface area contributed by atoms with Crippen molar-refractivity contribution < 1.29 is 19.0 Å². The highest BCUT2D eigenvalue weighted by Crippen LogP contribution is 2.39. The minimum absolute atomic E-state index is 0.0319. The molecular formula is C23H23N3O4. The maximum atomic E-state index is 13.3. The van der Waals surface area contributed by atoms with Crippen LogP contribution in [0.5, 0.6) is 11.5 Å². The van der Waals surface area contributed by atoms with Gasteiger partial charge in [-0.15, -0.1) is 0 Å². The van der Waals surface area contributed by atoms with Crippen molar-refractivity contribution in [1.29, 1.82) is 0 Å². The van der Waals surface area contributed by atoms with Gasteiger partial charge in [0, 0.05) is 13.2 Å². The molecule has 3 aromatic rings. The quantitative estimate of drug-likeness (QED) is 0.668. The molecule has 2 aliphatic rings. The van der Waals surface area contributed by atoms with Gasteiger partial charge in [-0.3, -0.25) is 9.48 Å². The van der Waals surface area contributed by atoms with E-state index in [-0.39, 0.29) is 24.9 Å². The summed E-state index contributed by atoms with van der Waals surface area (Å²) in [6.07, 6.45) is 1.27. The van der Waals surface area contributed by atoms with Gasteiger partial charge in [0.1, 0.15) is 12.2 Å². The van der Waals surface area contributed by atoms with Gasteiger partial charge >= 0.3 is 0 Å². The Morgan fingerprint density at radius 1 is 1.00 bits per heavy atom. The summed E-state index contributed by atoms with van der Waals surface area (Å²) in [7, 11) is 1.82. The third-order valence-electron chi connectivity index (χ3n) is 5.57. The molecule has 0 spiro atoms. The Balaban J connectivity index is 1.48. The number of rotatable bonds is 3. The van der Waals surface area contributed by atoms with Crippen LogP contribution in [0, 0.1) is 6.92 Å². The van der Waals surface area contributed by atoms with Gasteiger partial charge in [-0.05, 0) is 30.2 Å². The predicted molar refractivity (Wildman–Crippen MR) is 109 cm³/mol. The van der Waals surface area contributed by atoms with E-state index in [4.69, 9.17) is 14.2 Å². The van der Waals surface area contributed by atoms with Crippen LogP contribution in [0.2, 0.25) is 0 Å². The van der Waals surface area contributed by atoms with E-state index in [0.29, 0.717) is 24.4 Å². The van der Waals surface area contributed by atoms with E-state index in [1.165, 1.54) is 0 Å². The highest BCUT2D eigenvalue weighted by atomic mass is 16.7. The van der Waals surface area contributed by atoms with E-state index < -0.39 is 0 Å². The molecule has 0 saturated carbocycles. The molecule has 2 atom stereocenters. The Labute approximate surface area is 174 Å². The third kappa shape index (κ3) is 3.41. The van der Waals surface area contributed by atoms with E-state index in [1.807, 2.05) is 67.4 Å². The monoisotopic (exact) mass is 405 g/mol. The summed E-state index contributed by atoms with van der Waals surface area (Å²) in [5, 5.41) is 4.33. The molecule has 0 bridgehead atoms. The van der Waals surface area contributed by atoms with E-state index in [2.05, 4.69) is 5.10 Å². The lowest BCUT2D eigenvalue weighted by atomic mass is 10.0. The first-order valence-electron chi connectivity index (χ1n) is 9.98. The minimum Gasteiger partial charge on any atom is -0.454 e. The summed E-state index contributed by atoms with van der Waals surface area (Å²) in [5.74, 6) is 1.41. The molecule has 2 aromatic carbocycles. The van der Waals surface area contributed by atoms with Gasteiger partial charge in [-0.1, -0.05) is 36.4 Å². The Kier molecular flexibility index (Phi) is 4.67. The molecule has 0 aliphatic carbocycles. The van der Waals surface area contributed by atoms with Gasteiger partial charge in [0.15, 0.2) is 11.5 Å². The number of amides is 1. The smallest absolute Gasteiger partial charge is 0.257 e. The van der Waals surface area contributed by atoms with Crippen molar-refractivity contribution in [2.45, 2.75) is 19.1 Å². The van der Waals surface area contributed by atoms with Gasteiger partial charge in [0.05, 0.1) is 24.3 Å². The van der Waals surface area contributed by atoms with Crippen LogP contribution in [0.15, 0.2) is 54.7 Å². The Bertz CT molecular complexity index is 1080. The highest BCUT2D eigenvalue weighted by molar-refractivity contribution is 5.95. The average Bonchev–Trinajstić information content (AvgIpc) is 3.38. The number of benzene rings is 2.